The number of benzene rings is 1. The van der Waals surface area contributed by atoms with Crippen molar-refractivity contribution in [2.45, 2.75) is 0 Å². The summed E-state index contributed by atoms with van der Waals surface area (Å²) in [6, 6.07) is 14.6. The number of nitrogens with one attached hydrogen (secondary N) is 2. The van der Waals surface area contributed by atoms with Gasteiger partial charge in [0, 0.05) is 44.3 Å². The predicted molar refractivity (Wildman–Crippen MR) is 114 cm³/mol. The number of halogens is 1. The summed E-state index contributed by atoms with van der Waals surface area (Å²) in [6.45, 7) is 2.55. The first-order valence-corrected chi connectivity index (χ1v) is 9.63. The van der Waals surface area contributed by atoms with E-state index < -0.39 is 0 Å². The summed E-state index contributed by atoms with van der Waals surface area (Å²) in [5, 5.41) is 15.1. The Bertz CT molecular complexity index is 960. The number of hydrogen-bond donors (Lipinski definition) is 2. The zero-order valence-corrected chi connectivity index (χ0v) is 16.4. The number of para-hydroxylation sites is 1. The Labute approximate surface area is 173 Å². The van der Waals surface area contributed by atoms with Crippen LogP contribution in [0.5, 0.6) is 0 Å². The molecule has 0 bridgehead atoms. The summed E-state index contributed by atoms with van der Waals surface area (Å²) >= 11 is 6.11. The molecule has 0 radical (unpaired) electrons. The number of anilines is 4. The highest BCUT2D eigenvalue weighted by Crippen LogP contribution is 2.21. The molecular weight excluding hydrogens is 390 g/mol. The van der Waals surface area contributed by atoms with Crippen LogP contribution < -0.4 is 15.5 Å². The minimum Gasteiger partial charge on any atom is -0.352 e. The SMILES string of the molecule is O=C(Nc1ccccc1Cl)N1CCN(c2ccc(Nc3ccncc3)nn2)CC1. The number of hydrogen-bond acceptors (Lipinski definition) is 6. The highest BCUT2D eigenvalue weighted by Gasteiger charge is 2.22. The lowest BCUT2D eigenvalue weighted by molar-refractivity contribution is 0.208. The van der Waals surface area contributed by atoms with Crippen LogP contribution >= 0.6 is 11.6 Å². The number of carbonyl (C=O) groups is 1. The molecule has 148 valence electrons. The quantitative estimate of drug-likeness (QED) is 0.684. The third-order valence-electron chi connectivity index (χ3n) is 4.61. The van der Waals surface area contributed by atoms with Gasteiger partial charge in [0.1, 0.15) is 0 Å². The molecule has 0 unspecified atom stereocenters. The van der Waals surface area contributed by atoms with E-state index in [1.807, 2.05) is 36.4 Å². The summed E-state index contributed by atoms with van der Waals surface area (Å²) in [7, 11) is 0. The van der Waals surface area contributed by atoms with Crippen molar-refractivity contribution < 1.29 is 4.79 Å². The summed E-state index contributed by atoms with van der Waals surface area (Å²) in [4.78, 5) is 20.3. The Kier molecular flexibility index (Phi) is 5.71. The zero-order chi connectivity index (χ0) is 20.1. The third-order valence-corrected chi connectivity index (χ3v) is 4.94. The number of piperazine rings is 1. The Balaban J connectivity index is 1.31. The van der Waals surface area contributed by atoms with E-state index in [1.165, 1.54) is 0 Å². The van der Waals surface area contributed by atoms with Crippen LogP contribution in [0.1, 0.15) is 0 Å². The van der Waals surface area contributed by atoms with Gasteiger partial charge in [0.25, 0.3) is 0 Å². The molecular formula is C20H20ClN7O. The van der Waals surface area contributed by atoms with Crippen LogP contribution in [0.25, 0.3) is 0 Å². The van der Waals surface area contributed by atoms with Crippen molar-refractivity contribution in [3.05, 3.63) is 65.9 Å². The van der Waals surface area contributed by atoms with E-state index in [1.54, 1.807) is 29.4 Å². The van der Waals surface area contributed by atoms with Crippen molar-refractivity contribution in [1.82, 2.24) is 20.1 Å². The van der Waals surface area contributed by atoms with E-state index in [9.17, 15) is 4.79 Å². The second-order valence-electron chi connectivity index (χ2n) is 6.52. The van der Waals surface area contributed by atoms with Crippen molar-refractivity contribution >= 4 is 40.6 Å². The Morgan fingerprint density at radius 1 is 0.931 bits per heavy atom. The molecule has 2 amide bonds. The van der Waals surface area contributed by atoms with Crippen LogP contribution in [-0.2, 0) is 0 Å². The second kappa shape index (κ2) is 8.74. The second-order valence-corrected chi connectivity index (χ2v) is 6.93. The molecule has 1 aromatic carbocycles. The molecule has 29 heavy (non-hydrogen) atoms. The number of nitrogens with zero attached hydrogens (tertiary/aromatic N) is 5. The number of amides is 2. The predicted octanol–water partition coefficient (Wildman–Crippen LogP) is 3.62. The molecule has 4 rings (SSSR count). The van der Waals surface area contributed by atoms with Gasteiger partial charge in [0.2, 0.25) is 0 Å². The van der Waals surface area contributed by atoms with E-state index in [0.717, 1.165) is 11.5 Å². The molecule has 3 heterocycles. The Morgan fingerprint density at radius 3 is 2.38 bits per heavy atom. The molecule has 0 atom stereocenters. The lowest BCUT2D eigenvalue weighted by Crippen LogP contribution is -2.50. The average Bonchev–Trinajstić information content (AvgIpc) is 2.77. The summed E-state index contributed by atoms with van der Waals surface area (Å²) in [5.74, 6) is 1.45. The van der Waals surface area contributed by atoms with Crippen molar-refractivity contribution in [3.8, 4) is 0 Å². The van der Waals surface area contributed by atoms with Crippen LogP contribution in [0.3, 0.4) is 0 Å². The summed E-state index contributed by atoms with van der Waals surface area (Å²) < 4.78 is 0. The highest BCUT2D eigenvalue weighted by atomic mass is 35.5. The van der Waals surface area contributed by atoms with Crippen molar-refractivity contribution in [2.24, 2.45) is 0 Å². The first-order chi connectivity index (χ1) is 14.2. The van der Waals surface area contributed by atoms with Crippen molar-refractivity contribution in [3.63, 3.8) is 0 Å². The fourth-order valence-electron chi connectivity index (χ4n) is 3.04. The zero-order valence-electron chi connectivity index (χ0n) is 15.6. The normalized spacial score (nSPS) is 13.8. The highest BCUT2D eigenvalue weighted by molar-refractivity contribution is 6.33. The van der Waals surface area contributed by atoms with Gasteiger partial charge in [-0.3, -0.25) is 4.98 Å². The minimum absolute atomic E-state index is 0.152. The standard InChI is InChI=1S/C20H20ClN7O/c21-16-3-1-2-4-17(16)24-20(29)28-13-11-27(12-14-28)19-6-5-18(25-26-19)23-15-7-9-22-10-8-15/h1-10H,11-14H2,(H,24,29)(H,22,23,25). The summed E-state index contributed by atoms with van der Waals surface area (Å²) in [6.07, 6.45) is 3.43. The molecule has 0 spiro atoms. The molecule has 8 nitrogen and oxygen atoms in total. The van der Waals surface area contributed by atoms with E-state index in [0.29, 0.717) is 42.7 Å². The molecule has 3 aromatic rings. The van der Waals surface area contributed by atoms with Gasteiger partial charge in [-0.1, -0.05) is 23.7 Å². The van der Waals surface area contributed by atoms with E-state index in [-0.39, 0.29) is 6.03 Å². The molecule has 9 heteroatoms. The average molecular weight is 410 g/mol. The Hall–Kier alpha value is -3.39. The number of pyridine rings is 1. The van der Waals surface area contributed by atoms with Crippen LogP contribution in [0.4, 0.5) is 27.8 Å². The van der Waals surface area contributed by atoms with E-state index in [4.69, 9.17) is 11.6 Å². The monoisotopic (exact) mass is 409 g/mol. The largest absolute Gasteiger partial charge is 0.352 e. The van der Waals surface area contributed by atoms with Crippen molar-refractivity contribution in [1.29, 1.82) is 0 Å². The lowest BCUT2D eigenvalue weighted by atomic mass is 10.3. The third kappa shape index (κ3) is 4.72. The maximum atomic E-state index is 12.5. The van der Waals surface area contributed by atoms with E-state index >= 15 is 0 Å². The first-order valence-electron chi connectivity index (χ1n) is 9.25. The van der Waals surface area contributed by atoms with Gasteiger partial charge in [0.05, 0.1) is 10.7 Å². The first kappa shape index (κ1) is 18.9. The lowest BCUT2D eigenvalue weighted by Gasteiger charge is -2.35. The van der Waals surface area contributed by atoms with Crippen LogP contribution in [0, 0.1) is 0 Å². The maximum absolute atomic E-state index is 12.5. The fourth-order valence-corrected chi connectivity index (χ4v) is 3.22. The number of rotatable bonds is 4. The van der Waals surface area contributed by atoms with Crippen LogP contribution in [0.15, 0.2) is 60.9 Å². The molecule has 1 fully saturated rings. The number of carbonyl (C=O) groups excluding carboxylic acids is 1. The van der Waals surface area contributed by atoms with Gasteiger partial charge in [-0.25, -0.2) is 4.79 Å². The Morgan fingerprint density at radius 2 is 1.69 bits per heavy atom. The molecule has 2 N–H and O–H groups in total. The van der Waals surface area contributed by atoms with Gasteiger partial charge in [-0.05, 0) is 36.4 Å². The van der Waals surface area contributed by atoms with E-state index in [2.05, 4.69) is 30.7 Å². The molecule has 2 aromatic heterocycles. The number of aromatic nitrogens is 3. The van der Waals surface area contributed by atoms with Gasteiger partial charge in [-0.15, -0.1) is 10.2 Å². The molecule has 1 aliphatic rings. The van der Waals surface area contributed by atoms with Crippen LogP contribution in [-0.4, -0.2) is 52.3 Å². The maximum Gasteiger partial charge on any atom is 0.322 e. The molecule has 1 aliphatic heterocycles. The van der Waals surface area contributed by atoms with Gasteiger partial charge >= 0.3 is 6.03 Å². The van der Waals surface area contributed by atoms with Crippen LogP contribution in [0.2, 0.25) is 5.02 Å². The molecule has 0 saturated carbocycles. The van der Waals surface area contributed by atoms with Gasteiger partial charge in [-0.2, -0.15) is 0 Å². The molecule has 0 aliphatic carbocycles. The summed E-state index contributed by atoms with van der Waals surface area (Å²) in [5.41, 5.74) is 1.52. The van der Waals surface area contributed by atoms with Gasteiger partial charge < -0.3 is 20.4 Å². The topological polar surface area (TPSA) is 86.3 Å². The fraction of sp³-hybridized carbons (Fsp3) is 0.200. The van der Waals surface area contributed by atoms with Gasteiger partial charge in [0.15, 0.2) is 11.6 Å². The van der Waals surface area contributed by atoms with Crippen molar-refractivity contribution in [2.75, 3.05) is 41.7 Å². The minimum atomic E-state index is -0.152. The smallest absolute Gasteiger partial charge is 0.322 e. The number of urea groups is 1. The molecule has 1 saturated heterocycles.